The number of ether oxygens (including phenoxy) is 1. The minimum Gasteiger partial charge on any atom is -0.382 e. The molecule has 0 saturated carbocycles. The van der Waals surface area contributed by atoms with Crippen LogP contribution in [0.2, 0.25) is 5.02 Å². The summed E-state index contributed by atoms with van der Waals surface area (Å²) < 4.78 is 5.56. The number of nitrogens with one attached hydrogen (secondary N) is 1. The van der Waals surface area contributed by atoms with E-state index in [0.29, 0.717) is 13.2 Å². The van der Waals surface area contributed by atoms with E-state index in [9.17, 15) is 0 Å². The standard InChI is InChI=1S/C17H18ClNO/c18-16-8-10-17(11-9-16)19-12-4-5-13-20-14-15-6-2-1-3-7-15/h1-11,19H,12-14H2/b5-4-. The molecule has 0 atom stereocenters. The van der Waals surface area contributed by atoms with Gasteiger partial charge >= 0.3 is 0 Å². The van der Waals surface area contributed by atoms with Crippen LogP contribution in [0.4, 0.5) is 5.69 Å². The van der Waals surface area contributed by atoms with E-state index in [1.807, 2.05) is 48.5 Å². The van der Waals surface area contributed by atoms with Crippen molar-refractivity contribution in [3.63, 3.8) is 0 Å². The smallest absolute Gasteiger partial charge is 0.0721 e. The molecule has 0 heterocycles. The molecule has 3 heteroatoms. The van der Waals surface area contributed by atoms with Gasteiger partial charge in [-0.1, -0.05) is 54.1 Å². The molecular weight excluding hydrogens is 270 g/mol. The molecule has 0 aliphatic rings. The molecule has 104 valence electrons. The van der Waals surface area contributed by atoms with Crippen LogP contribution < -0.4 is 5.32 Å². The van der Waals surface area contributed by atoms with Crippen molar-refractivity contribution in [1.29, 1.82) is 0 Å². The first kappa shape index (κ1) is 14.6. The number of hydrogen-bond acceptors (Lipinski definition) is 2. The third-order valence-corrected chi connectivity index (χ3v) is 3.01. The van der Waals surface area contributed by atoms with E-state index in [2.05, 4.69) is 23.5 Å². The molecule has 0 saturated heterocycles. The van der Waals surface area contributed by atoms with Crippen molar-refractivity contribution < 1.29 is 4.74 Å². The normalized spacial score (nSPS) is 10.8. The molecule has 0 aliphatic heterocycles. The molecule has 1 N–H and O–H groups in total. The van der Waals surface area contributed by atoms with E-state index >= 15 is 0 Å². The van der Waals surface area contributed by atoms with Gasteiger partial charge in [0, 0.05) is 17.3 Å². The lowest BCUT2D eigenvalue weighted by molar-refractivity contribution is 0.148. The van der Waals surface area contributed by atoms with Gasteiger partial charge in [0.1, 0.15) is 0 Å². The fourth-order valence-electron chi connectivity index (χ4n) is 1.71. The Hall–Kier alpha value is -1.77. The zero-order valence-electron chi connectivity index (χ0n) is 11.3. The Morgan fingerprint density at radius 1 is 0.950 bits per heavy atom. The van der Waals surface area contributed by atoms with Gasteiger partial charge in [-0.15, -0.1) is 0 Å². The Balaban J connectivity index is 1.59. The largest absolute Gasteiger partial charge is 0.382 e. The first-order valence-electron chi connectivity index (χ1n) is 6.61. The molecular formula is C17H18ClNO. The molecule has 2 rings (SSSR count). The lowest BCUT2D eigenvalue weighted by Gasteiger charge is -2.03. The summed E-state index contributed by atoms with van der Waals surface area (Å²) in [5, 5.41) is 4.03. The van der Waals surface area contributed by atoms with Gasteiger partial charge in [-0.3, -0.25) is 0 Å². The predicted molar refractivity (Wildman–Crippen MR) is 85.2 cm³/mol. The van der Waals surface area contributed by atoms with Gasteiger partial charge < -0.3 is 10.1 Å². The highest BCUT2D eigenvalue weighted by Gasteiger charge is 1.90. The van der Waals surface area contributed by atoms with Crippen LogP contribution in [0.1, 0.15) is 5.56 Å². The quantitative estimate of drug-likeness (QED) is 0.597. The SMILES string of the molecule is Clc1ccc(NC/C=C\COCc2ccccc2)cc1. The molecule has 20 heavy (non-hydrogen) atoms. The van der Waals surface area contributed by atoms with Gasteiger partial charge in [0.15, 0.2) is 0 Å². The molecule has 0 unspecified atom stereocenters. The maximum atomic E-state index is 5.82. The Kier molecular flexibility index (Phi) is 6.15. The van der Waals surface area contributed by atoms with E-state index in [4.69, 9.17) is 16.3 Å². The summed E-state index contributed by atoms with van der Waals surface area (Å²) >= 11 is 5.82. The summed E-state index contributed by atoms with van der Waals surface area (Å²) in [6, 6.07) is 17.8. The lowest BCUT2D eigenvalue weighted by Crippen LogP contribution is -1.98. The van der Waals surface area contributed by atoms with E-state index in [0.717, 1.165) is 17.3 Å². The van der Waals surface area contributed by atoms with Crippen LogP contribution in [0.25, 0.3) is 0 Å². The zero-order valence-corrected chi connectivity index (χ0v) is 12.0. The van der Waals surface area contributed by atoms with Gasteiger partial charge in [-0.2, -0.15) is 0 Å². The van der Waals surface area contributed by atoms with E-state index < -0.39 is 0 Å². The van der Waals surface area contributed by atoms with Crippen LogP contribution in [0.3, 0.4) is 0 Å². The molecule has 2 aromatic carbocycles. The second-order valence-electron chi connectivity index (χ2n) is 4.36. The summed E-state index contributed by atoms with van der Waals surface area (Å²) in [4.78, 5) is 0. The van der Waals surface area contributed by atoms with Crippen LogP contribution in [-0.2, 0) is 11.3 Å². The first-order chi connectivity index (χ1) is 9.84. The van der Waals surface area contributed by atoms with E-state index in [-0.39, 0.29) is 0 Å². The highest BCUT2D eigenvalue weighted by molar-refractivity contribution is 6.30. The molecule has 0 bridgehead atoms. The van der Waals surface area contributed by atoms with Gasteiger partial charge in [-0.05, 0) is 29.8 Å². The molecule has 0 fully saturated rings. The summed E-state index contributed by atoms with van der Waals surface area (Å²) in [7, 11) is 0. The molecule has 0 aliphatic carbocycles. The zero-order chi connectivity index (χ0) is 14.0. The van der Waals surface area contributed by atoms with Crippen molar-refractivity contribution in [2.24, 2.45) is 0 Å². The van der Waals surface area contributed by atoms with Gasteiger partial charge in [0.25, 0.3) is 0 Å². The minimum absolute atomic E-state index is 0.622. The Morgan fingerprint density at radius 3 is 2.45 bits per heavy atom. The number of benzene rings is 2. The first-order valence-corrected chi connectivity index (χ1v) is 6.98. The topological polar surface area (TPSA) is 21.3 Å². The maximum Gasteiger partial charge on any atom is 0.0721 e. The highest BCUT2D eigenvalue weighted by Crippen LogP contribution is 2.12. The average Bonchev–Trinajstić information content (AvgIpc) is 2.49. The number of hydrogen-bond donors (Lipinski definition) is 1. The van der Waals surface area contributed by atoms with Crippen molar-refractivity contribution >= 4 is 17.3 Å². The highest BCUT2D eigenvalue weighted by atomic mass is 35.5. The third kappa shape index (κ3) is 5.47. The van der Waals surface area contributed by atoms with Crippen molar-refractivity contribution in [2.45, 2.75) is 6.61 Å². The molecule has 0 spiro atoms. The van der Waals surface area contributed by atoms with Gasteiger partial charge in [-0.25, -0.2) is 0 Å². The fourth-order valence-corrected chi connectivity index (χ4v) is 1.84. The summed E-state index contributed by atoms with van der Waals surface area (Å²) in [5.74, 6) is 0. The molecule has 0 aromatic heterocycles. The predicted octanol–water partition coefficient (Wildman–Crippen LogP) is 4.52. The fraction of sp³-hybridized carbons (Fsp3) is 0.176. The average molecular weight is 288 g/mol. The van der Waals surface area contributed by atoms with Crippen LogP contribution in [0.15, 0.2) is 66.7 Å². The third-order valence-electron chi connectivity index (χ3n) is 2.76. The Labute approximate surface area is 125 Å². The van der Waals surface area contributed by atoms with Crippen LogP contribution >= 0.6 is 11.6 Å². The second-order valence-corrected chi connectivity index (χ2v) is 4.80. The van der Waals surface area contributed by atoms with Crippen LogP contribution in [0, 0.1) is 0 Å². The number of anilines is 1. The molecule has 0 amide bonds. The number of halogens is 1. The molecule has 2 nitrogen and oxygen atoms in total. The maximum absolute atomic E-state index is 5.82. The van der Waals surface area contributed by atoms with Crippen molar-refractivity contribution in [3.8, 4) is 0 Å². The van der Waals surface area contributed by atoms with Gasteiger partial charge in [0.05, 0.1) is 13.2 Å². The Bertz CT molecular complexity index is 522. The van der Waals surface area contributed by atoms with Gasteiger partial charge in [0.2, 0.25) is 0 Å². The summed E-state index contributed by atoms with van der Waals surface area (Å²) in [6.45, 7) is 2.04. The number of rotatable bonds is 7. The van der Waals surface area contributed by atoms with Crippen LogP contribution in [-0.4, -0.2) is 13.2 Å². The van der Waals surface area contributed by atoms with Crippen molar-refractivity contribution in [1.82, 2.24) is 0 Å². The van der Waals surface area contributed by atoms with E-state index in [1.54, 1.807) is 0 Å². The van der Waals surface area contributed by atoms with Crippen LogP contribution in [0.5, 0.6) is 0 Å². The monoisotopic (exact) mass is 287 g/mol. The summed E-state index contributed by atoms with van der Waals surface area (Å²) in [6.07, 6.45) is 4.07. The lowest BCUT2D eigenvalue weighted by atomic mass is 10.2. The molecule has 2 aromatic rings. The van der Waals surface area contributed by atoms with Crippen molar-refractivity contribution in [2.75, 3.05) is 18.5 Å². The van der Waals surface area contributed by atoms with E-state index in [1.165, 1.54) is 5.56 Å². The summed E-state index contributed by atoms with van der Waals surface area (Å²) in [5.41, 5.74) is 2.25. The molecule has 0 radical (unpaired) electrons. The second kappa shape index (κ2) is 8.41. The van der Waals surface area contributed by atoms with Crippen molar-refractivity contribution in [3.05, 3.63) is 77.3 Å². The Morgan fingerprint density at radius 2 is 1.70 bits per heavy atom. The minimum atomic E-state index is 0.622.